The summed E-state index contributed by atoms with van der Waals surface area (Å²) in [6, 6.07) is 6.83. The van der Waals surface area contributed by atoms with Crippen molar-refractivity contribution in [3.8, 4) is 0 Å². The topological polar surface area (TPSA) is 32.3 Å². The first-order valence-corrected chi connectivity index (χ1v) is 11.0. The zero-order valence-electron chi connectivity index (χ0n) is 16.5. The Morgan fingerprint density at radius 2 is 1.89 bits per heavy atom. The number of hydrogen-bond acceptors (Lipinski definition) is 3. The van der Waals surface area contributed by atoms with Crippen LogP contribution in [0.2, 0.25) is 0 Å². The van der Waals surface area contributed by atoms with E-state index in [0.717, 1.165) is 31.1 Å². The van der Waals surface area contributed by atoms with Crippen LogP contribution in [-0.4, -0.2) is 12.5 Å². The molecule has 0 saturated heterocycles. The molecule has 4 aliphatic rings. The van der Waals surface area contributed by atoms with E-state index < -0.39 is 0 Å². The van der Waals surface area contributed by atoms with Crippen molar-refractivity contribution in [2.45, 2.75) is 59.4 Å². The molecule has 1 amide bonds. The van der Waals surface area contributed by atoms with E-state index in [1.165, 1.54) is 46.5 Å². The van der Waals surface area contributed by atoms with Crippen LogP contribution in [0.3, 0.4) is 0 Å². The van der Waals surface area contributed by atoms with Gasteiger partial charge in [-0.15, -0.1) is 11.3 Å². The normalized spacial score (nSPS) is 25.4. The number of hydrogen-bond donors (Lipinski definition) is 1. The standard InChI is InChI=1S/C23H28N2OS/c1-14-6-19(25-5-4-20-18(13-25)8-16(3)27-20)7-15(2)22(14)24-21(26)12-23-9-17(10-23)11-23/h6-8,17H,4-5,9-13H2,1-3H3,(H,24,26). The highest BCUT2D eigenvalue weighted by Crippen LogP contribution is 2.66. The van der Waals surface area contributed by atoms with E-state index in [4.69, 9.17) is 0 Å². The second kappa shape index (κ2) is 6.10. The molecule has 4 heteroatoms. The van der Waals surface area contributed by atoms with Gasteiger partial charge in [0.25, 0.3) is 0 Å². The molecular formula is C23H28N2OS. The smallest absolute Gasteiger partial charge is 0.224 e. The van der Waals surface area contributed by atoms with E-state index in [1.54, 1.807) is 4.88 Å². The Morgan fingerprint density at radius 3 is 2.52 bits per heavy atom. The summed E-state index contributed by atoms with van der Waals surface area (Å²) in [6.07, 6.45) is 5.66. The minimum absolute atomic E-state index is 0.198. The van der Waals surface area contributed by atoms with Gasteiger partial charge in [-0.25, -0.2) is 0 Å². The predicted molar refractivity (Wildman–Crippen MR) is 113 cm³/mol. The van der Waals surface area contributed by atoms with Crippen LogP contribution in [0.1, 0.15) is 52.1 Å². The summed E-state index contributed by atoms with van der Waals surface area (Å²) in [6.45, 7) is 8.51. The molecule has 6 rings (SSSR count). The van der Waals surface area contributed by atoms with Gasteiger partial charge in [0.15, 0.2) is 0 Å². The van der Waals surface area contributed by atoms with Gasteiger partial charge < -0.3 is 10.2 Å². The highest BCUT2D eigenvalue weighted by molar-refractivity contribution is 7.12. The van der Waals surface area contributed by atoms with Crippen LogP contribution in [0, 0.1) is 32.1 Å². The van der Waals surface area contributed by atoms with Crippen molar-refractivity contribution in [3.05, 3.63) is 44.6 Å². The van der Waals surface area contributed by atoms with Gasteiger partial charge in [-0.1, -0.05) is 0 Å². The lowest BCUT2D eigenvalue weighted by molar-refractivity contribution is -0.139. The van der Waals surface area contributed by atoms with Crippen LogP contribution in [-0.2, 0) is 17.8 Å². The molecule has 3 fully saturated rings. The Hall–Kier alpha value is -1.81. The number of carbonyl (C=O) groups excluding carboxylic acids is 1. The number of amides is 1. The fourth-order valence-electron chi connectivity index (χ4n) is 5.42. The Morgan fingerprint density at radius 1 is 1.19 bits per heavy atom. The second-order valence-corrected chi connectivity index (χ2v) is 10.5. The second-order valence-electron chi connectivity index (χ2n) is 9.13. The summed E-state index contributed by atoms with van der Waals surface area (Å²) in [5.74, 6) is 1.13. The highest BCUT2D eigenvalue weighted by atomic mass is 32.1. The fraction of sp³-hybridized carbons (Fsp3) is 0.522. The van der Waals surface area contributed by atoms with Crippen molar-refractivity contribution in [2.75, 3.05) is 16.8 Å². The summed E-state index contributed by atoms with van der Waals surface area (Å²) in [7, 11) is 0. The van der Waals surface area contributed by atoms with E-state index in [9.17, 15) is 4.79 Å². The molecule has 3 aliphatic carbocycles. The minimum atomic E-state index is 0.198. The van der Waals surface area contributed by atoms with Crippen LogP contribution in [0.25, 0.3) is 0 Å². The van der Waals surface area contributed by atoms with Crippen LogP contribution < -0.4 is 10.2 Å². The first kappa shape index (κ1) is 17.3. The van der Waals surface area contributed by atoms with Crippen molar-refractivity contribution in [2.24, 2.45) is 11.3 Å². The van der Waals surface area contributed by atoms with Crippen LogP contribution in [0.5, 0.6) is 0 Å². The Balaban J connectivity index is 1.31. The molecule has 1 aliphatic heterocycles. The number of thiophene rings is 1. The van der Waals surface area contributed by atoms with Gasteiger partial charge in [-0.05, 0) is 92.7 Å². The average molecular weight is 381 g/mol. The van der Waals surface area contributed by atoms with Gasteiger partial charge in [0, 0.05) is 40.6 Å². The molecule has 3 saturated carbocycles. The Labute approximate surface area is 165 Å². The molecule has 0 atom stereocenters. The van der Waals surface area contributed by atoms with E-state index in [-0.39, 0.29) is 5.91 Å². The molecule has 0 unspecified atom stereocenters. The molecular weight excluding hydrogens is 352 g/mol. The number of fused-ring (bicyclic) bond motifs is 1. The van der Waals surface area contributed by atoms with Gasteiger partial charge in [-0.2, -0.15) is 0 Å². The quantitative estimate of drug-likeness (QED) is 0.774. The van der Waals surface area contributed by atoms with Gasteiger partial charge in [-0.3, -0.25) is 4.79 Å². The van der Waals surface area contributed by atoms with Gasteiger partial charge in [0.05, 0.1) is 0 Å². The molecule has 0 spiro atoms. The third-order valence-corrected chi connectivity index (χ3v) is 7.99. The summed E-state index contributed by atoms with van der Waals surface area (Å²) in [5, 5.41) is 3.22. The lowest BCUT2D eigenvalue weighted by atomic mass is 9.43. The molecule has 1 N–H and O–H groups in total. The number of carbonyl (C=O) groups is 1. The number of nitrogens with one attached hydrogen (secondary N) is 1. The van der Waals surface area contributed by atoms with E-state index >= 15 is 0 Å². The molecule has 2 bridgehead atoms. The molecule has 0 radical (unpaired) electrons. The maximum Gasteiger partial charge on any atom is 0.224 e. The number of anilines is 2. The lowest BCUT2D eigenvalue weighted by Gasteiger charge is -2.61. The number of aryl methyl sites for hydroxylation is 3. The van der Waals surface area contributed by atoms with Crippen molar-refractivity contribution < 1.29 is 4.79 Å². The summed E-state index contributed by atoms with van der Waals surface area (Å²) >= 11 is 1.94. The molecule has 1 aromatic carbocycles. The van der Waals surface area contributed by atoms with Crippen molar-refractivity contribution in [1.82, 2.24) is 0 Å². The number of nitrogens with zero attached hydrogens (tertiary/aromatic N) is 1. The third-order valence-electron chi connectivity index (χ3n) is 6.84. The molecule has 2 heterocycles. The summed E-state index contributed by atoms with van der Waals surface area (Å²) in [5.41, 5.74) is 6.47. The monoisotopic (exact) mass is 380 g/mol. The highest BCUT2D eigenvalue weighted by Gasteiger charge is 2.56. The van der Waals surface area contributed by atoms with Gasteiger partial charge >= 0.3 is 0 Å². The predicted octanol–water partition coefficient (Wildman–Crippen LogP) is 5.36. The minimum Gasteiger partial charge on any atom is -0.367 e. The lowest BCUT2D eigenvalue weighted by Crippen LogP contribution is -2.53. The van der Waals surface area contributed by atoms with Crippen molar-refractivity contribution >= 4 is 28.6 Å². The molecule has 1 aromatic heterocycles. The van der Waals surface area contributed by atoms with Crippen LogP contribution >= 0.6 is 11.3 Å². The Kier molecular flexibility index (Phi) is 3.91. The van der Waals surface area contributed by atoms with Crippen LogP contribution in [0.15, 0.2) is 18.2 Å². The maximum absolute atomic E-state index is 12.6. The zero-order chi connectivity index (χ0) is 18.8. The van der Waals surface area contributed by atoms with E-state index in [0.29, 0.717) is 11.8 Å². The van der Waals surface area contributed by atoms with Crippen LogP contribution in [0.4, 0.5) is 11.4 Å². The number of rotatable bonds is 4. The molecule has 27 heavy (non-hydrogen) atoms. The fourth-order valence-corrected chi connectivity index (χ4v) is 6.46. The average Bonchev–Trinajstić information content (AvgIpc) is 2.92. The SMILES string of the molecule is Cc1cc2c(s1)CCN(c1cc(C)c(NC(=O)CC34CC(C3)C4)c(C)c1)C2. The molecule has 142 valence electrons. The molecule has 3 nitrogen and oxygen atoms in total. The number of benzene rings is 1. The molecule has 2 aromatic rings. The Bertz CT molecular complexity index is 888. The third kappa shape index (κ3) is 2.98. The van der Waals surface area contributed by atoms with E-state index in [2.05, 4.69) is 49.2 Å². The van der Waals surface area contributed by atoms with E-state index in [1.807, 2.05) is 11.3 Å². The summed E-state index contributed by atoms with van der Waals surface area (Å²) < 4.78 is 0. The van der Waals surface area contributed by atoms with Crippen molar-refractivity contribution in [3.63, 3.8) is 0 Å². The first-order valence-electron chi connectivity index (χ1n) is 10.2. The van der Waals surface area contributed by atoms with Gasteiger partial charge in [0.1, 0.15) is 0 Å². The summed E-state index contributed by atoms with van der Waals surface area (Å²) in [4.78, 5) is 18.0. The maximum atomic E-state index is 12.6. The zero-order valence-corrected chi connectivity index (χ0v) is 17.3. The largest absolute Gasteiger partial charge is 0.367 e. The van der Waals surface area contributed by atoms with Crippen molar-refractivity contribution in [1.29, 1.82) is 0 Å². The van der Waals surface area contributed by atoms with Gasteiger partial charge in [0.2, 0.25) is 5.91 Å². The first-order chi connectivity index (χ1) is 12.9.